The molecule has 27 heavy (non-hydrogen) atoms. The monoisotopic (exact) mass is 394 g/mol. The molecule has 3 heterocycles. The molecular weight excluding hydrogens is 377 g/mol. The van der Waals surface area contributed by atoms with Crippen molar-refractivity contribution in [2.45, 2.75) is 44.1 Å². The molecule has 3 aromatic heterocycles. The molecule has 1 fully saturated rings. The normalized spacial score (nSPS) is 17.3. The van der Waals surface area contributed by atoms with Crippen molar-refractivity contribution in [1.82, 2.24) is 15.0 Å². The molecule has 0 amide bonds. The number of aromatic amines is 1. The second-order valence-corrected chi connectivity index (χ2v) is 7.40. The molecule has 4 nitrogen and oxygen atoms in total. The Balaban J connectivity index is 1.48. The summed E-state index contributed by atoms with van der Waals surface area (Å²) in [6.07, 6.45) is 4.07. The molecule has 142 valence electrons. The van der Waals surface area contributed by atoms with Crippen LogP contribution in [0.15, 0.2) is 30.6 Å². The van der Waals surface area contributed by atoms with Crippen molar-refractivity contribution in [2.75, 3.05) is 5.32 Å². The number of alkyl halides is 2. The summed E-state index contributed by atoms with van der Waals surface area (Å²) in [6, 6.07) is 5.03. The molecule has 0 saturated heterocycles. The summed E-state index contributed by atoms with van der Waals surface area (Å²) in [5.74, 6) is -2.79. The van der Waals surface area contributed by atoms with Crippen LogP contribution in [0.5, 0.6) is 0 Å². The van der Waals surface area contributed by atoms with Crippen molar-refractivity contribution >= 4 is 28.5 Å². The Morgan fingerprint density at radius 3 is 2.74 bits per heavy atom. The summed E-state index contributed by atoms with van der Waals surface area (Å²) in [6.45, 7) is 0. The zero-order valence-corrected chi connectivity index (χ0v) is 15.2. The lowest BCUT2D eigenvalue weighted by Gasteiger charge is -2.29. The Labute approximate surface area is 159 Å². The maximum atomic E-state index is 14.5. The lowest BCUT2D eigenvalue weighted by atomic mass is 9.92. The number of fused-ring (bicyclic) bond motifs is 1. The van der Waals surface area contributed by atoms with Gasteiger partial charge in [-0.15, -0.1) is 0 Å². The third-order valence-electron chi connectivity index (χ3n) is 4.96. The Kier molecular flexibility index (Phi) is 4.72. The van der Waals surface area contributed by atoms with E-state index in [0.29, 0.717) is 41.3 Å². The van der Waals surface area contributed by atoms with Gasteiger partial charge in [-0.3, -0.25) is 0 Å². The van der Waals surface area contributed by atoms with Gasteiger partial charge in [0.15, 0.2) is 0 Å². The largest absolute Gasteiger partial charge is 0.367 e. The Morgan fingerprint density at radius 1 is 1.22 bits per heavy atom. The maximum absolute atomic E-state index is 14.5. The topological polar surface area (TPSA) is 53.6 Å². The average Bonchev–Trinajstić information content (AvgIpc) is 3.01. The van der Waals surface area contributed by atoms with Gasteiger partial charge in [0.05, 0.1) is 5.02 Å². The fourth-order valence-corrected chi connectivity index (χ4v) is 3.61. The molecule has 0 aliphatic heterocycles. The van der Waals surface area contributed by atoms with Crippen LogP contribution in [0.3, 0.4) is 0 Å². The van der Waals surface area contributed by atoms with Crippen molar-refractivity contribution < 1.29 is 13.2 Å². The molecule has 1 aliphatic rings. The predicted molar refractivity (Wildman–Crippen MR) is 98.9 cm³/mol. The van der Waals surface area contributed by atoms with Gasteiger partial charge in [-0.2, -0.15) is 4.39 Å². The Bertz CT molecular complexity index is 963. The number of rotatable bonds is 4. The summed E-state index contributed by atoms with van der Waals surface area (Å²) in [5, 5.41) is 4.42. The van der Waals surface area contributed by atoms with Gasteiger partial charge in [0.25, 0.3) is 0 Å². The van der Waals surface area contributed by atoms with Gasteiger partial charge in [-0.05, 0) is 30.5 Å². The van der Waals surface area contributed by atoms with Gasteiger partial charge >= 0.3 is 0 Å². The molecule has 0 atom stereocenters. The SMILES string of the molecule is Fc1nc(NC2CCC(F)(F)CC2)ccc1Cc1c[nH]c2ncc(Cl)cc12. The number of pyridine rings is 2. The molecule has 4 rings (SSSR count). The van der Waals surface area contributed by atoms with Crippen LogP contribution in [0.4, 0.5) is 19.0 Å². The highest BCUT2D eigenvalue weighted by atomic mass is 35.5. The highest BCUT2D eigenvalue weighted by Crippen LogP contribution is 2.34. The van der Waals surface area contributed by atoms with E-state index in [0.717, 1.165) is 10.9 Å². The Hall–Kier alpha value is -2.28. The van der Waals surface area contributed by atoms with Crippen LogP contribution in [-0.2, 0) is 6.42 Å². The summed E-state index contributed by atoms with van der Waals surface area (Å²) in [5.41, 5.74) is 2.00. The van der Waals surface area contributed by atoms with E-state index >= 15 is 0 Å². The van der Waals surface area contributed by atoms with Gasteiger partial charge in [0.1, 0.15) is 11.5 Å². The van der Waals surface area contributed by atoms with Gasteiger partial charge in [0, 0.05) is 48.6 Å². The van der Waals surface area contributed by atoms with Gasteiger partial charge in [-0.1, -0.05) is 17.7 Å². The quantitative estimate of drug-likeness (QED) is 0.588. The fourth-order valence-electron chi connectivity index (χ4n) is 3.45. The van der Waals surface area contributed by atoms with Crippen LogP contribution in [0.25, 0.3) is 11.0 Å². The number of halogens is 4. The predicted octanol–water partition coefficient (Wildman–Crippen LogP) is 5.33. The first-order valence-electron chi connectivity index (χ1n) is 8.81. The second kappa shape index (κ2) is 7.03. The van der Waals surface area contributed by atoms with Crippen LogP contribution >= 0.6 is 11.6 Å². The van der Waals surface area contributed by atoms with Crippen molar-refractivity contribution in [3.05, 3.63) is 52.7 Å². The van der Waals surface area contributed by atoms with Crippen molar-refractivity contribution in [2.24, 2.45) is 0 Å². The maximum Gasteiger partial charge on any atom is 0.248 e. The Morgan fingerprint density at radius 2 is 2.00 bits per heavy atom. The number of anilines is 1. The molecule has 0 aromatic carbocycles. The van der Waals surface area contributed by atoms with Gasteiger partial charge < -0.3 is 10.3 Å². The minimum Gasteiger partial charge on any atom is -0.367 e. The zero-order valence-electron chi connectivity index (χ0n) is 14.4. The number of H-pyrrole nitrogens is 1. The zero-order chi connectivity index (χ0) is 19.0. The first-order chi connectivity index (χ1) is 12.9. The first-order valence-corrected chi connectivity index (χ1v) is 9.19. The summed E-state index contributed by atoms with van der Waals surface area (Å²) in [7, 11) is 0. The molecular formula is C19H18ClF3N4. The third-order valence-corrected chi connectivity index (χ3v) is 5.17. The molecule has 0 radical (unpaired) electrons. The lowest BCUT2D eigenvalue weighted by molar-refractivity contribution is -0.0361. The van der Waals surface area contributed by atoms with E-state index in [2.05, 4.69) is 20.3 Å². The van der Waals surface area contributed by atoms with E-state index in [1.807, 2.05) is 0 Å². The van der Waals surface area contributed by atoms with Gasteiger partial charge in [-0.25, -0.2) is 18.7 Å². The summed E-state index contributed by atoms with van der Waals surface area (Å²) >= 11 is 5.99. The van der Waals surface area contributed by atoms with Crippen LogP contribution < -0.4 is 5.32 Å². The van der Waals surface area contributed by atoms with Crippen LogP contribution in [0.2, 0.25) is 5.02 Å². The lowest BCUT2D eigenvalue weighted by Crippen LogP contribution is -2.32. The van der Waals surface area contributed by atoms with E-state index in [1.54, 1.807) is 30.6 Å². The summed E-state index contributed by atoms with van der Waals surface area (Å²) in [4.78, 5) is 11.2. The number of hydrogen-bond donors (Lipinski definition) is 2. The second-order valence-electron chi connectivity index (χ2n) is 6.96. The highest BCUT2D eigenvalue weighted by Gasteiger charge is 2.34. The molecule has 8 heteroatoms. The van der Waals surface area contributed by atoms with E-state index < -0.39 is 11.9 Å². The number of nitrogens with one attached hydrogen (secondary N) is 2. The number of nitrogens with zero attached hydrogens (tertiary/aromatic N) is 2. The molecule has 0 unspecified atom stereocenters. The number of hydrogen-bond acceptors (Lipinski definition) is 3. The first kappa shape index (κ1) is 18.1. The molecule has 1 saturated carbocycles. The van der Waals surface area contributed by atoms with Gasteiger partial charge in [0.2, 0.25) is 11.9 Å². The standard InChI is InChI=1S/C19H18ClF3N4/c20-13-8-15-12(9-24-18(15)25-10-13)7-11-1-2-16(27-17(11)21)26-14-3-5-19(22,23)6-4-14/h1-2,8-10,14H,3-7H2,(H,24,25)(H,26,27). The van der Waals surface area contributed by atoms with E-state index in [9.17, 15) is 13.2 Å². The molecule has 1 aliphatic carbocycles. The molecule has 3 aromatic rings. The smallest absolute Gasteiger partial charge is 0.248 e. The fraction of sp³-hybridized carbons (Fsp3) is 0.368. The van der Waals surface area contributed by atoms with E-state index in [-0.39, 0.29) is 18.9 Å². The molecule has 2 N–H and O–H groups in total. The van der Waals surface area contributed by atoms with E-state index in [1.165, 1.54) is 0 Å². The molecule has 0 spiro atoms. The van der Waals surface area contributed by atoms with Crippen molar-refractivity contribution in [3.63, 3.8) is 0 Å². The van der Waals surface area contributed by atoms with Crippen molar-refractivity contribution in [1.29, 1.82) is 0 Å². The van der Waals surface area contributed by atoms with Crippen LogP contribution in [-0.4, -0.2) is 26.9 Å². The average molecular weight is 395 g/mol. The highest BCUT2D eigenvalue weighted by molar-refractivity contribution is 6.31. The minimum atomic E-state index is -2.59. The number of aromatic nitrogens is 3. The summed E-state index contributed by atoms with van der Waals surface area (Å²) < 4.78 is 40.9. The minimum absolute atomic E-state index is 0.107. The van der Waals surface area contributed by atoms with Crippen LogP contribution in [0.1, 0.15) is 36.8 Å². The molecule has 0 bridgehead atoms. The van der Waals surface area contributed by atoms with Crippen LogP contribution in [0, 0.1) is 5.95 Å². The van der Waals surface area contributed by atoms with Crippen molar-refractivity contribution in [3.8, 4) is 0 Å². The van der Waals surface area contributed by atoms with E-state index in [4.69, 9.17) is 11.6 Å². The third kappa shape index (κ3) is 4.03.